The number of benzene rings is 1. The maximum atomic E-state index is 5.65. The SMILES string of the molecule is COCCc1noc([C@@H]2CCCN(Cc3coc(-c4ccccc4)n3)C2)n1. The molecule has 0 radical (unpaired) electrons. The number of hydrogen-bond acceptors (Lipinski definition) is 7. The van der Waals surface area contributed by atoms with E-state index in [1.54, 1.807) is 13.4 Å². The van der Waals surface area contributed by atoms with Crippen LogP contribution in [-0.2, 0) is 17.7 Å². The van der Waals surface area contributed by atoms with Crippen LogP contribution in [0.1, 0.15) is 36.2 Å². The predicted molar refractivity (Wildman–Crippen MR) is 99.1 cm³/mol. The van der Waals surface area contributed by atoms with E-state index < -0.39 is 0 Å². The monoisotopic (exact) mass is 368 g/mol. The summed E-state index contributed by atoms with van der Waals surface area (Å²) in [7, 11) is 1.67. The zero-order valence-electron chi connectivity index (χ0n) is 15.5. The maximum absolute atomic E-state index is 5.65. The van der Waals surface area contributed by atoms with Crippen LogP contribution in [0.2, 0.25) is 0 Å². The van der Waals surface area contributed by atoms with Gasteiger partial charge >= 0.3 is 0 Å². The van der Waals surface area contributed by atoms with E-state index in [4.69, 9.17) is 13.7 Å². The van der Waals surface area contributed by atoms with Crippen molar-refractivity contribution in [2.75, 3.05) is 26.8 Å². The second kappa shape index (κ2) is 8.45. The molecule has 7 heteroatoms. The van der Waals surface area contributed by atoms with Gasteiger partial charge in [-0.1, -0.05) is 23.4 Å². The first-order chi connectivity index (χ1) is 13.3. The molecule has 0 N–H and O–H groups in total. The fraction of sp³-hybridized carbons (Fsp3) is 0.450. The van der Waals surface area contributed by atoms with Gasteiger partial charge in [0.05, 0.1) is 18.2 Å². The standard InChI is InChI=1S/C20H24N4O3/c1-25-11-9-18-22-20(27-23-18)16-8-5-10-24(12-16)13-17-14-26-19(21-17)15-6-3-2-4-7-15/h2-4,6-7,14,16H,5,8-13H2,1H3/t16-/m1/s1. The highest BCUT2D eigenvalue weighted by Gasteiger charge is 2.26. The fourth-order valence-electron chi connectivity index (χ4n) is 3.45. The first-order valence-electron chi connectivity index (χ1n) is 9.35. The van der Waals surface area contributed by atoms with Crippen molar-refractivity contribution in [2.45, 2.75) is 31.7 Å². The van der Waals surface area contributed by atoms with Crippen LogP contribution < -0.4 is 0 Å². The van der Waals surface area contributed by atoms with Gasteiger partial charge in [-0.15, -0.1) is 0 Å². The summed E-state index contributed by atoms with van der Waals surface area (Å²) in [6.45, 7) is 3.29. The lowest BCUT2D eigenvalue weighted by atomic mass is 9.98. The summed E-state index contributed by atoms with van der Waals surface area (Å²) < 4.78 is 16.2. The zero-order chi connectivity index (χ0) is 18.5. The van der Waals surface area contributed by atoms with Crippen molar-refractivity contribution in [1.82, 2.24) is 20.0 Å². The van der Waals surface area contributed by atoms with E-state index in [0.717, 1.165) is 49.6 Å². The molecule has 1 aliphatic heterocycles. The molecule has 0 aliphatic carbocycles. The molecule has 0 bridgehead atoms. The van der Waals surface area contributed by atoms with Crippen molar-refractivity contribution < 1.29 is 13.7 Å². The van der Waals surface area contributed by atoms with Gasteiger partial charge in [-0.3, -0.25) is 4.90 Å². The molecule has 2 aromatic heterocycles. The molecule has 7 nitrogen and oxygen atoms in total. The molecule has 1 aromatic carbocycles. The molecule has 1 aliphatic rings. The van der Waals surface area contributed by atoms with E-state index in [9.17, 15) is 0 Å². The third-order valence-corrected chi connectivity index (χ3v) is 4.83. The second-order valence-electron chi connectivity index (χ2n) is 6.88. The zero-order valence-corrected chi connectivity index (χ0v) is 15.5. The Morgan fingerprint density at radius 2 is 2.11 bits per heavy atom. The van der Waals surface area contributed by atoms with Crippen molar-refractivity contribution in [3.05, 3.63) is 54.0 Å². The lowest BCUT2D eigenvalue weighted by Crippen LogP contribution is -2.34. The summed E-state index contributed by atoms with van der Waals surface area (Å²) in [6.07, 6.45) is 4.60. The minimum atomic E-state index is 0.267. The highest BCUT2D eigenvalue weighted by Crippen LogP contribution is 2.27. The number of likely N-dealkylation sites (tertiary alicyclic amines) is 1. The molecule has 0 saturated carbocycles. The summed E-state index contributed by atoms with van der Waals surface area (Å²) >= 11 is 0. The van der Waals surface area contributed by atoms with Crippen LogP contribution in [0.3, 0.4) is 0 Å². The Labute approximate surface area is 158 Å². The van der Waals surface area contributed by atoms with Gasteiger partial charge in [-0.05, 0) is 31.5 Å². The van der Waals surface area contributed by atoms with Gasteiger partial charge in [0.25, 0.3) is 0 Å². The summed E-state index contributed by atoms with van der Waals surface area (Å²) in [6, 6.07) is 9.96. The number of nitrogens with zero attached hydrogens (tertiary/aromatic N) is 4. The van der Waals surface area contributed by atoms with E-state index >= 15 is 0 Å². The van der Waals surface area contributed by atoms with Crippen molar-refractivity contribution in [2.24, 2.45) is 0 Å². The van der Waals surface area contributed by atoms with Crippen molar-refractivity contribution in [3.63, 3.8) is 0 Å². The first-order valence-corrected chi connectivity index (χ1v) is 9.35. The molecule has 1 fully saturated rings. The number of ether oxygens (including phenoxy) is 1. The third kappa shape index (κ3) is 4.43. The molecule has 0 spiro atoms. The summed E-state index contributed by atoms with van der Waals surface area (Å²) in [4.78, 5) is 11.5. The van der Waals surface area contributed by atoms with Gasteiger partial charge in [0.15, 0.2) is 5.82 Å². The van der Waals surface area contributed by atoms with Crippen LogP contribution in [0.15, 0.2) is 45.5 Å². The van der Waals surface area contributed by atoms with E-state index in [2.05, 4.69) is 20.0 Å². The second-order valence-corrected chi connectivity index (χ2v) is 6.88. The normalized spacial score (nSPS) is 18.0. The van der Waals surface area contributed by atoms with Crippen LogP contribution in [0, 0.1) is 0 Å². The lowest BCUT2D eigenvalue weighted by Gasteiger charge is -2.30. The molecule has 4 rings (SSSR count). The first kappa shape index (κ1) is 17.9. The highest BCUT2D eigenvalue weighted by atomic mass is 16.5. The average molecular weight is 368 g/mol. The molecule has 0 unspecified atom stereocenters. The Balaban J connectivity index is 1.37. The Morgan fingerprint density at radius 1 is 1.22 bits per heavy atom. The smallest absolute Gasteiger partial charge is 0.231 e. The Kier molecular flexibility index (Phi) is 5.60. The van der Waals surface area contributed by atoms with Gasteiger partial charge in [0.2, 0.25) is 11.8 Å². The molecular weight excluding hydrogens is 344 g/mol. The molecule has 3 aromatic rings. The maximum Gasteiger partial charge on any atom is 0.231 e. The van der Waals surface area contributed by atoms with Gasteiger partial charge in [0, 0.05) is 32.2 Å². The van der Waals surface area contributed by atoms with Crippen LogP contribution in [0.4, 0.5) is 0 Å². The third-order valence-electron chi connectivity index (χ3n) is 4.83. The number of rotatable bonds is 7. The molecule has 3 heterocycles. The van der Waals surface area contributed by atoms with Gasteiger partial charge < -0.3 is 13.7 Å². The van der Waals surface area contributed by atoms with Crippen LogP contribution in [-0.4, -0.2) is 46.8 Å². The number of hydrogen-bond donors (Lipinski definition) is 0. The van der Waals surface area contributed by atoms with Gasteiger partial charge in [-0.25, -0.2) is 4.98 Å². The highest BCUT2D eigenvalue weighted by molar-refractivity contribution is 5.52. The number of piperidine rings is 1. The molecule has 0 amide bonds. The molecule has 1 saturated heterocycles. The Morgan fingerprint density at radius 3 is 2.96 bits per heavy atom. The molecule has 1 atom stereocenters. The lowest BCUT2D eigenvalue weighted by molar-refractivity contribution is 0.178. The van der Waals surface area contributed by atoms with Crippen LogP contribution in [0.25, 0.3) is 11.5 Å². The van der Waals surface area contributed by atoms with Gasteiger partial charge in [0.1, 0.15) is 6.26 Å². The fourth-order valence-corrected chi connectivity index (χ4v) is 3.45. The van der Waals surface area contributed by atoms with E-state index in [1.165, 1.54) is 0 Å². The topological polar surface area (TPSA) is 77.4 Å². The summed E-state index contributed by atoms with van der Waals surface area (Å²) in [5, 5.41) is 4.06. The quantitative estimate of drug-likeness (QED) is 0.633. The summed E-state index contributed by atoms with van der Waals surface area (Å²) in [5.41, 5.74) is 1.94. The Hall–Kier alpha value is -2.51. The van der Waals surface area contributed by atoms with Crippen LogP contribution in [0.5, 0.6) is 0 Å². The van der Waals surface area contributed by atoms with Crippen molar-refractivity contribution >= 4 is 0 Å². The molecule has 27 heavy (non-hydrogen) atoms. The average Bonchev–Trinajstić information content (AvgIpc) is 3.37. The van der Waals surface area contributed by atoms with E-state index in [-0.39, 0.29) is 5.92 Å². The minimum Gasteiger partial charge on any atom is -0.444 e. The largest absolute Gasteiger partial charge is 0.444 e. The number of methoxy groups -OCH3 is 1. The van der Waals surface area contributed by atoms with Crippen molar-refractivity contribution in [1.29, 1.82) is 0 Å². The van der Waals surface area contributed by atoms with E-state index in [1.807, 2.05) is 30.3 Å². The minimum absolute atomic E-state index is 0.267. The van der Waals surface area contributed by atoms with Gasteiger partial charge in [-0.2, -0.15) is 4.98 Å². The number of oxazole rings is 1. The van der Waals surface area contributed by atoms with Crippen molar-refractivity contribution in [3.8, 4) is 11.5 Å². The van der Waals surface area contributed by atoms with Crippen LogP contribution >= 0.6 is 0 Å². The summed E-state index contributed by atoms with van der Waals surface area (Å²) in [5.74, 6) is 2.38. The molecule has 142 valence electrons. The molecular formula is C20H24N4O3. The number of aromatic nitrogens is 3. The Bertz CT molecular complexity index is 846. The predicted octanol–water partition coefficient (Wildman–Crippen LogP) is 3.29. The van der Waals surface area contributed by atoms with E-state index in [0.29, 0.717) is 24.7 Å².